The van der Waals surface area contributed by atoms with Crippen LogP contribution in [0.4, 0.5) is 11.4 Å². The molecule has 0 saturated heterocycles. The number of carbonyl (C=O) groups excluding carboxylic acids is 1. The lowest BCUT2D eigenvalue weighted by atomic mass is 10.3. The van der Waals surface area contributed by atoms with Gasteiger partial charge >= 0.3 is 0 Å². The van der Waals surface area contributed by atoms with E-state index in [9.17, 15) is 4.79 Å². The first-order valence-electron chi connectivity index (χ1n) is 5.47. The number of nitrogens with one attached hydrogen (secondary N) is 1. The molecular weight excluding hydrogens is 204 g/mol. The molecule has 4 nitrogen and oxygen atoms in total. The second-order valence-electron chi connectivity index (χ2n) is 4.13. The van der Waals surface area contributed by atoms with E-state index in [1.165, 1.54) is 12.8 Å². The number of ether oxygens (including phenoxy) is 1. The molecule has 1 saturated carbocycles. The summed E-state index contributed by atoms with van der Waals surface area (Å²) in [6, 6.07) is 7.05. The topological polar surface area (TPSA) is 64.3 Å². The van der Waals surface area contributed by atoms with E-state index in [0.717, 1.165) is 5.69 Å². The Balaban J connectivity index is 1.70. The van der Waals surface area contributed by atoms with Crippen molar-refractivity contribution in [1.29, 1.82) is 0 Å². The molecule has 2 rings (SSSR count). The van der Waals surface area contributed by atoms with Crippen LogP contribution in [0.5, 0.6) is 0 Å². The van der Waals surface area contributed by atoms with E-state index in [-0.39, 0.29) is 12.5 Å². The molecule has 1 aromatic rings. The lowest BCUT2D eigenvalue weighted by Gasteiger charge is -2.06. The van der Waals surface area contributed by atoms with E-state index < -0.39 is 0 Å². The molecule has 0 bridgehead atoms. The molecule has 1 aromatic carbocycles. The van der Waals surface area contributed by atoms with Gasteiger partial charge in [-0.1, -0.05) is 0 Å². The van der Waals surface area contributed by atoms with E-state index in [0.29, 0.717) is 18.2 Å². The van der Waals surface area contributed by atoms with Gasteiger partial charge in [-0.2, -0.15) is 0 Å². The van der Waals surface area contributed by atoms with Gasteiger partial charge in [0.2, 0.25) is 5.91 Å². The first kappa shape index (κ1) is 11.0. The van der Waals surface area contributed by atoms with Crippen LogP contribution >= 0.6 is 0 Å². The molecule has 1 fully saturated rings. The van der Waals surface area contributed by atoms with Crippen molar-refractivity contribution in [2.75, 3.05) is 24.3 Å². The summed E-state index contributed by atoms with van der Waals surface area (Å²) < 4.78 is 5.28. The van der Waals surface area contributed by atoms with E-state index in [2.05, 4.69) is 5.32 Å². The highest BCUT2D eigenvalue weighted by atomic mass is 16.5. The normalized spacial score (nSPS) is 14.8. The van der Waals surface area contributed by atoms with Gasteiger partial charge in [-0.05, 0) is 43.0 Å². The number of rotatable bonds is 5. The summed E-state index contributed by atoms with van der Waals surface area (Å²) in [7, 11) is 0. The van der Waals surface area contributed by atoms with Crippen LogP contribution in [0.1, 0.15) is 12.8 Å². The van der Waals surface area contributed by atoms with Crippen molar-refractivity contribution in [3.05, 3.63) is 24.3 Å². The molecule has 0 aliphatic heterocycles. The Bertz CT molecular complexity index is 358. The summed E-state index contributed by atoms with van der Waals surface area (Å²) in [4.78, 5) is 11.4. The van der Waals surface area contributed by atoms with Crippen molar-refractivity contribution in [3.63, 3.8) is 0 Å². The number of carbonyl (C=O) groups is 1. The maximum atomic E-state index is 11.4. The van der Waals surface area contributed by atoms with Crippen molar-refractivity contribution in [3.8, 4) is 0 Å². The monoisotopic (exact) mass is 220 g/mol. The molecule has 16 heavy (non-hydrogen) atoms. The van der Waals surface area contributed by atoms with Crippen molar-refractivity contribution in [2.24, 2.45) is 5.92 Å². The molecule has 0 aromatic heterocycles. The predicted octanol–water partition coefficient (Wildman–Crippen LogP) is 1.63. The highest BCUT2D eigenvalue weighted by Crippen LogP contribution is 2.28. The summed E-state index contributed by atoms with van der Waals surface area (Å²) in [6.07, 6.45) is 2.47. The molecule has 0 spiro atoms. The second kappa shape index (κ2) is 4.99. The van der Waals surface area contributed by atoms with Gasteiger partial charge in [-0.15, -0.1) is 0 Å². The number of hydrogen-bond donors (Lipinski definition) is 2. The third-order valence-electron chi connectivity index (χ3n) is 2.48. The summed E-state index contributed by atoms with van der Waals surface area (Å²) in [5, 5.41) is 2.74. The van der Waals surface area contributed by atoms with Gasteiger partial charge in [0.15, 0.2) is 0 Å². The maximum Gasteiger partial charge on any atom is 0.250 e. The van der Waals surface area contributed by atoms with Crippen molar-refractivity contribution in [2.45, 2.75) is 12.8 Å². The summed E-state index contributed by atoms with van der Waals surface area (Å²) in [6.45, 7) is 0.829. The van der Waals surface area contributed by atoms with Gasteiger partial charge in [0.25, 0.3) is 0 Å². The first-order chi connectivity index (χ1) is 7.74. The zero-order chi connectivity index (χ0) is 11.4. The molecule has 1 aliphatic carbocycles. The Morgan fingerprint density at radius 3 is 2.69 bits per heavy atom. The zero-order valence-electron chi connectivity index (χ0n) is 9.11. The van der Waals surface area contributed by atoms with Gasteiger partial charge in [0.05, 0.1) is 6.61 Å². The molecule has 0 radical (unpaired) electrons. The SMILES string of the molecule is Nc1ccc(NC(=O)COCC2CC2)cc1. The number of anilines is 2. The fourth-order valence-corrected chi connectivity index (χ4v) is 1.37. The summed E-state index contributed by atoms with van der Waals surface area (Å²) in [5.74, 6) is 0.565. The minimum absolute atomic E-state index is 0.120. The average Bonchev–Trinajstić information content (AvgIpc) is 3.05. The van der Waals surface area contributed by atoms with Crippen molar-refractivity contribution >= 4 is 17.3 Å². The Hall–Kier alpha value is -1.55. The summed E-state index contributed by atoms with van der Waals surface area (Å²) >= 11 is 0. The Kier molecular flexibility index (Phi) is 3.41. The highest BCUT2D eigenvalue weighted by Gasteiger charge is 2.21. The van der Waals surface area contributed by atoms with E-state index in [4.69, 9.17) is 10.5 Å². The third kappa shape index (κ3) is 3.55. The van der Waals surface area contributed by atoms with Crippen LogP contribution in [-0.2, 0) is 9.53 Å². The fourth-order valence-electron chi connectivity index (χ4n) is 1.37. The van der Waals surface area contributed by atoms with Gasteiger partial charge in [-0.3, -0.25) is 4.79 Å². The van der Waals surface area contributed by atoms with Gasteiger partial charge in [-0.25, -0.2) is 0 Å². The standard InChI is InChI=1S/C12H16N2O2/c13-10-3-5-11(6-4-10)14-12(15)8-16-7-9-1-2-9/h3-6,9H,1-2,7-8,13H2,(H,14,15). The lowest BCUT2D eigenvalue weighted by Crippen LogP contribution is -2.18. The Labute approximate surface area is 94.8 Å². The van der Waals surface area contributed by atoms with Crippen LogP contribution in [0.25, 0.3) is 0 Å². The Morgan fingerprint density at radius 2 is 2.06 bits per heavy atom. The minimum atomic E-state index is -0.120. The lowest BCUT2D eigenvalue weighted by molar-refractivity contribution is -0.120. The third-order valence-corrected chi connectivity index (χ3v) is 2.48. The smallest absolute Gasteiger partial charge is 0.250 e. The number of hydrogen-bond acceptors (Lipinski definition) is 3. The van der Waals surface area contributed by atoms with Crippen LogP contribution in [0.2, 0.25) is 0 Å². The zero-order valence-corrected chi connectivity index (χ0v) is 9.11. The van der Waals surface area contributed by atoms with Gasteiger partial charge in [0.1, 0.15) is 6.61 Å². The minimum Gasteiger partial charge on any atom is -0.399 e. The second-order valence-corrected chi connectivity index (χ2v) is 4.13. The Morgan fingerprint density at radius 1 is 1.38 bits per heavy atom. The quantitative estimate of drug-likeness (QED) is 0.741. The number of nitrogen functional groups attached to an aromatic ring is 1. The highest BCUT2D eigenvalue weighted by molar-refractivity contribution is 5.91. The van der Waals surface area contributed by atoms with E-state index in [1.807, 2.05) is 0 Å². The number of nitrogens with two attached hydrogens (primary N) is 1. The predicted molar refractivity (Wildman–Crippen MR) is 63.0 cm³/mol. The van der Waals surface area contributed by atoms with Gasteiger partial charge < -0.3 is 15.8 Å². The van der Waals surface area contributed by atoms with Crippen LogP contribution < -0.4 is 11.1 Å². The van der Waals surface area contributed by atoms with Crippen LogP contribution in [0.15, 0.2) is 24.3 Å². The van der Waals surface area contributed by atoms with Crippen LogP contribution in [0.3, 0.4) is 0 Å². The molecule has 1 amide bonds. The number of amides is 1. The molecule has 3 N–H and O–H groups in total. The van der Waals surface area contributed by atoms with E-state index >= 15 is 0 Å². The molecule has 0 atom stereocenters. The number of benzene rings is 1. The first-order valence-corrected chi connectivity index (χ1v) is 5.47. The maximum absolute atomic E-state index is 11.4. The van der Waals surface area contributed by atoms with Gasteiger partial charge in [0, 0.05) is 11.4 Å². The molecule has 1 aliphatic rings. The van der Waals surface area contributed by atoms with Crippen LogP contribution in [-0.4, -0.2) is 19.1 Å². The molecular formula is C12H16N2O2. The van der Waals surface area contributed by atoms with Crippen molar-refractivity contribution in [1.82, 2.24) is 0 Å². The average molecular weight is 220 g/mol. The summed E-state index contributed by atoms with van der Waals surface area (Å²) in [5.41, 5.74) is 6.97. The molecule has 0 heterocycles. The largest absolute Gasteiger partial charge is 0.399 e. The molecule has 4 heteroatoms. The molecule has 0 unspecified atom stereocenters. The van der Waals surface area contributed by atoms with E-state index in [1.54, 1.807) is 24.3 Å². The van der Waals surface area contributed by atoms with Crippen molar-refractivity contribution < 1.29 is 9.53 Å². The molecule has 86 valence electrons. The fraction of sp³-hybridized carbons (Fsp3) is 0.417. The van der Waals surface area contributed by atoms with Crippen LogP contribution in [0, 0.1) is 5.92 Å².